The second-order valence-corrected chi connectivity index (χ2v) is 2.59. The van der Waals surface area contributed by atoms with Gasteiger partial charge in [0.05, 0.1) is 13.2 Å². The molecule has 0 aromatic carbocycles. The van der Waals surface area contributed by atoms with Crippen molar-refractivity contribution in [3.8, 4) is 5.88 Å². The summed E-state index contributed by atoms with van der Waals surface area (Å²) in [6.45, 7) is 4.17. The molecular weight excluding hydrogens is 166 g/mol. The van der Waals surface area contributed by atoms with Crippen LogP contribution < -0.4 is 4.74 Å². The molecule has 0 aliphatic carbocycles. The van der Waals surface area contributed by atoms with E-state index in [1.807, 2.05) is 0 Å². The van der Waals surface area contributed by atoms with E-state index < -0.39 is 0 Å². The minimum atomic E-state index is 0.0142. The van der Waals surface area contributed by atoms with Crippen LogP contribution in [0.3, 0.4) is 0 Å². The first kappa shape index (κ1) is 9.74. The van der Waals surface area contributed by atoms with Gasteiger partial charge in [0.25, 0.3) is 0 Å². The molecule has 0 aliphatic rings. The highest BCUT2D eigenvalue weighted by Crippen LogP contribution is 2.09. The first-order valence-electron chi connectivity index (χ1n) is 4.16. The second-order valence-electron chi connectivity index (χ2n) is 2.59. The van der Waals surface area contributed by atoms with Crippen molar-refractivity contribution in [2.24, 2.45) is 0 Å². The quantitative estimate of drug-likeness (QED) is 0.550. The van der Waals surface area contributed by atoms with Crippen molar-refractivity contribution in [3.05, 3.63) is 36.5 Å². The third-order valence-corrected chi connectivity index (χ3v) is 1.55. The van der Waals surface area contributed by atoms with Gasteiger partial charge in [0.1, 0.15) is 0 Å². The Morgan fingerprint density at radius 1 is 1.62 bits per heavy atom. The van der Waals surface area contributed by atoms with E-state index in [0.29, 0.717) is 12.5 Å². The monoisotopic (exact) mass is 179 g/mol. The van der Waals surface area contributed by atoms with Crippen molar-refractivity contribution in [1.29, 1.82) is 0 Å². The van der Waals surface area contributed by atoms with Crippen LogP contribution in [0.25, 0.3) is 0 Å². The second kappa shape index (κ2) is 5.32. The van der Waals surface area contributed by atoms with Crippen LogP contribution in [0.15, 0.2) is 31.0 Å². The van der Waals surface area contributed by atoms with Crippen LogP contribution in [0.2, 0.25) is 0 Å². The van der Waals surface area contributed by atoms with Crippen molar-refractivity contribution in [2.75, 3.05) is 6.61 Å². The fourth-order valence-electron chi connectivity index (χ4n) is 0.875. The molecule has 0 fully saturated rings. The zero-order chi connectivity index (χ0) is 9.52. The van der Waals surface area contributed by atoms with Crippen LogP contribution in [0.4, 0.5) is 0 Å². The van der Waals surface area contributed by atoms with Crippen molar-refractivity contribution in [3.63, 3.8) is 0 Å². The molecule has 1 N–H and O–H groups in total. The molecule has 13 heavy (non-hydrogen) atoms. The normalized spacial score (nSPS) is 9.62. The van der Waals surface area contributed by atoms with Gasteiger partial charge in [-0.3, -0.25) is 0 Å². The molecule has 0 saturated heterocycles. The summed E-state index contributed by atoms with van der Waals surface area (Å²) in [7, 11) is 0. The smallest absolute Gasteiger partial charge is 0.213 e. The molecule has 0 radical (unpaired) electrons. The summed E-state index contributed by atoms with van der Waals surface area (Å²) in [5, 5.41) is 8.83. The first-order chi connectivity index (χ1) is 6.36. The van der Waals surface area contributed by atoms with Gasteiger partial charge in [-0.1, -0.05) is 6.08 Å². The van der Waals surface area contributed by atoms with Gasteiger partial charge >= 0.3 is 0 Å². The lowest BCUT2D eigenvalue weighted by Gasteiger charge is -2.03. The van der Waals surface area contributed by atoms with Gasteiger partial charge in [0.2, 0.25) is 5.88 Å². The van der Waals surface area contributed by atoms with Crippen LogP contribution in [0, 0.1) is 0 Å². The van der Waals surface area contributed by atoms with E-state index in [-0.39, 0.29) is 6.61 Å². The number of aromatic nitrogens is 1. The highest BCUT2D eigenvalue weighted by atomic mass is 16.5. The molecule has 0 bridgehead atoms. The van der Waals surface area contributed by atoms with Crippen LogP contribution in [-0.2, 0) is 6.61 Å². The van der Waals surface area contributed by atoms with Crippen LogP contribution in [0.1, 0.15) is 12.0 Å². The Kier molecular flexibility index (Phi) is 3.99. The molecule has 3 nitrogen and oxygen atoms in total. The third-order valence-electron chi connectivity index (χ3n) is 1.55. The first-order valence-corrected chi connectivity index (χ1v) is 4.16. The van der Waals surface area contributed by atoms with E-state index >= 15 is 0 Å². The molecule has 0 saturated carbocycles. The summed E-state index contributed by atoms with van der Waals surface area (Å²) in [6.07, 6.45) is 4.20. The molecule has 0 aliphatic heterocycles. The molecule has 1 aromatic rings. The summed E-state index contributed by atoms with van der Waals surface area (Å²) in [4.78, 5) is 3.99. The van der Waals surface area contributed by atoms with Gasteiger partial charge in [-0.2, -0.15) is 0 Å². The van der Waals surface area contributed by atoms with Crippen molar-refractivity contribution >= 4 is 0 Å². The standard InChI is InChI=1S/C10H13NO2/c1-2-3-6-13-10-7-9(8-12)4-5-11-10/h2,4-5,7,12H,1,3,6,8H2. The Morgan fingerprint density at radius 3 is 3.15 bits per heavy atom. The number of pyridine rings is 1. The lowest BCUT2D eigenvalue weighted by atomic mass is 10.3. The number of ether oxygens (including phenoxy) is 1. The van der Waals surface area contributed by atoms with E-state index in [1.165, 1.54) is 0 Å². The maximum atomic E-state index is 8.83. The van der Waals surface area contributed by atoms with E-state index in [1.54, 1.807) is 24.4 Å². The third kappa shape index (κ3) is 3.25. The number of rotatable bonds is 5. The molecule has 0 amide bonds. The fourth-order valence-corrected chi connectivity index (χ4v) is 0.875. The van der Waals surface area contributed by atoms with E-state index in [2.05, 4.69) is 11.6 Å². The minimum Gasteiger partial charge on any atom is -0.477 e. The van der Waals surface area contributed by atoms with Gasteiger partial charge < -0.3 is 9.84 Å². The van der Waals surface area contributed by atoms with Crippen LogP contribution in [-0.4, -0.2) is 16.7 Å². The molecule has 70 valence electrons. The van der Waals surface area contributed by atoms with Crippen molar-refractivity contribution in [2.45, 2.75) is 13.0 Å². The highest BCUT2D eigenvalue weighted by Gasteiger charge is 1.95. The number of hydrogen-bond donors (Lipinski definition) is 1. The Bertz CT molecular complexity index is 273. The number of nitrogens with zero attached hydrogens (tertiary/aromatic N) is 1. The summed E-state index contributed by atoms with van der Waals surface area (Å²) < 4.78 is 5.30. The lowest BCUT2D eigenvalue weighted by molar-refractivity contribution is 0.278. The topological polar surface area (TPSA) is 42.4 Å². The average Bonchev–Trinajstić information content (AvgIpc) is 2.19. The summed E-state index contributed by atoms with van der Waals surface area (Å²) >= 11 is 0. The maximum absolute atomic E-state index is 8.83. The summed E-state index contributed by atoms with van der Waals surface area (Å²) in [5.74, 6) is 0.549. The summed E-state index contributed by atoms with van der Waals surface area (Å²) in [5.41, 5.74) is 0.809. The zero-order valence-corrected chi connectivity index (χ0v) is 7.44. The minimum absolute atomic E-state index is 0.0142. The van der Waals surface area contributed by atoms with E-state index in [9.17, 15) is 0 Å². The molecule has 0 unspecified atom stereocenters. The predicted molar refractivity (Wildman–Crippen MR) is 50.5 cm³/mol. The van der Waals surface area contributed by atoms with Crippen LogP contribution >= 0.6 is 0 Å². The predicted octanol–water partition coefficient (Wildman–Crippen LogP) is 1.53. The molecular formula is C10H13NO2. The highest BCUT2D eigenvalue weighted by molar-refractivity contribution is 5.19. The van der Waals surface area contributed by atoms with Gasteiger partial charge in [-0.05, 0) is 18.1 Å². The SMILES string of the molecule is C=CCCOc1cc(CO)ccn1. The van der Waals surface area contributed by atoms with Gasteiger partial charge in [0.15, 0.2) is 0 Å². The number of hydrogen-bond acceptors (Lipinski definition) is 3. The largest absolute Gasteiger partial charge is 0.477 e. The molecule has 1 heterocycles. The molecule has 3 heteroatoms. The van der Waals surface area contributed by atoms with Crippen LogP contribution in [0.5, 0.6) is 5.88 Å². The van der Waals surface area contributed by atoms with E-state index in [0.717, 1.165) is 12.0 Å². The lowest BCUT2D eigenvalue weighted by Crippen LogP contribution is -1.98. The maximum Gasteiger partial charge on any atom is 0.213 e. The van der Waals surface area contributed by atoms with Gasteiger partial charge in [0, 0.05) is 12.3 Å². The molecule has 0 spiro atoms. The Morgan fingerprint density at radius 2 is 2.46 bits per heavy atom. The summed E-state index contributed by atoms with van der Waals surface area (Å²) in [6, 6.07) is 3.48. The molecule has 0 atom stereocenters. The van der Waals surface area contributed by atoms with Gasteiger partial charge in [-0.25, -0.2) is 4.98 Å². The van der Waals surface area contributed by atoms with Crippen molar-refractivity contribution < 1.29 is 9.84 Å². The number of aliphatic hydroxyl groups excluding tert-OH is 1. The van der Waals surface area contributed by atoms with E-state index in [4.69, 9.17) is 9.84 Å². The zero-order valence-electron chi connectivity index (χ0n) is 7.44. The molecule has 1 aromatic heterocycles. The Hall–Kier alpha value is -1.35. The molecule has 1 rings (SSSR count). The average molecular weight is 179 g/mol. The fraction of sp³-hybridized carbons (Fsp3) is 0.300. The van der Waals surface area contributed by atoms with Gasteiger partial charge in [-0.15, -0.1) is 6.58 Å². The Labute approximate surface area is 77.7 Å². The Balaban J connectivity index is 2.50. The van der Waals surface area contributed by atoms with Crippen molar-refractivity contribution in [1.82, 2.24) is 4.98 Å². The number of aliphatic hydroxyl groups is 1.